The Bertz CT molecular complexity index is 824. The molecule has 0 aliphatic carbocycles. The Morgan fingerprint density at radius 1 is 1.22 bits per heavy atom. The van der Waals surface area contributed by atoms with E-state index >= 15 is 0 Å². The number of hydrogen-bond donors (Lipinski definition) is 0. The van der Waals surface area contributed by atoms with Crippen molar-refractivity contribution in [2.75, 3.05) is 24.8 Å². The van der Waals surface area contributed by atoms with Crippen molar-refractivity contribution in [2.24, 2.45) is 0 Å². The standard InChI is InChI=1S/C19H19F4NO2S/c1-12-8-15(20)16(9-17(12)27-11-19(21,22)23)24(2)10-13-6-4-5-7-14(13)18(25)26-3/h4-9H,10-11H2,1-3H3. The maximum atomic E-state index is 14.4. The number of halogens is 4. The second-order valence-electron chi connectivity index (χ2n) is 5.98. The van der Waals surface area contributed by atoms with Gasteiger partial charge in [-0.3, -0.25) is 0 Å². The number of methoxy groups -OCH3 is 1. The molecule has 146 valence electrons. The Hall–Kier alpha value is -2.22. The molecular weight excluding hydrogens is 382 g/mol. The minimum Gasteiger partial charge on any atom is -0.465 e. The molecule has 0 amide bonds. The van der Waals surface area contributed by atoms with Gasteiger partial charge in [0.15, 0.2) is 0 Å². The van der Waals surface area contributed by atoms with E-state index in [9.17, 15) is 22.4 Å². The molecule has 0 atom stereocenters. The molecular formula is C19H19F4NO2S. The molecule has 2 rings (SSSR count). The Morgan fingerprint density at radius 3 is 2.52 bits per heavy atom. The van der Waals surface area contributed by atoms with E-state index in [0.717, 1.165) is 0 Å². The quantitative estimate of drug-likeness (QED) is 0.378. The highest BCUT2D eigenvalue weighted by molar-refractivity contribution is 7.99. The van der Waals surface area contributed by atoms with Gasteiger partial charge in [0, 0.05) is 18.5 Å². The maximum absolute atomic E-state index is 14.4. The van der Waals surface area contributed by atoms with E-state index in [0.29, 0.717) is 33.3 Å². The van der Waals surface area contributed by atoms with Gasteiger partial charge in [0.1, 0.15) is 5.82 Å². The summed E-state index contributed by atoms with van der Waals surface area (Å²) in [5.74, 6) is -2.10. The van der Waals surface area contributed by atoms with Crippen molar-refractivity contribution in [1.82, 2.24) is 0 Å². The maximum Gasteiger partial charge on any atom is 0.398 e. The van der Waals surface area contributed by atoms with Gasteiger partial charge in [-0.1, -0.05) is 18.2 Å². The number of aryl methyl sites for hydroxylation is 1. The fourth-order valence-electron chi connectivity index (χ4n) is 2.56. The number of ether oxygens (including phenoxy) is 1. The van der Waals surface area contributed by atoms with Gasteiger partial charge in [0.2, 0.25) is 0 Å². The summed E-state index contributed by atoms with van der Waals surface area (Å²) in [7, 11) is 2.88. The van der Waals surface area contributed by atoms with Gasteiger partial charge >= 0.3 is 12.1 Å². The van der Waals surface area contributed by atoms with Gasteiger partial charge < -0.3 is 9.64 Å². The summed E-state index contributed by atoms with van der Waals surface area (Å²) in [6.45, 7) is 1.76. The van der Waals surface area contributed by atoms with Crippen LogP contribution in [0.15, 0.2) is 41.3 Å². The summed E-state index contributed by atoms with van der Waals surface area (Å²) in [5.41, 5.74) is 1.57. The molecule has 0 aliphatic heterocycles. The average Bonchev–Trinajstić information content (AvgIpc) is 2.59. The number of carbonyl (C=O) groups excluding carboxylic acids is 1. The van der Waals surface area contributed by atoms with Crippen LogP contribution in [0.5, 0.6) is 0 Å². The Balaban J connectivity index is 2.29. The van der Waals surface area contributed by atoms with Crippen LogP contribution in [-0.2, 0) is 11.3 Å². The zero-order valence-corrected chi connectivity index (χ0v) is 15.9. The van der Waals surface area contributed by atoms with Crippen molar-refractivity contribution in [1.29, 1.82) is 0 Å². The van der Waals surface area contributed by atoms with Crippen molar-refractivity contribution in [3.8, 4) is 0 Å². The van der Waals surface area contributed by atoms with Crippen molar-refractivity contribution in [2.45, 2.75) is 24.5 Å². The van der Waals surface area contributed by atoms with Crippen LogP contribution in [0.4, 0.5) is 23.2 Å². The number of anilines is 1. The molecule has 0 aromatic heterocycles. The van der Waals surface area contributed by atoms with Crippen LogP contribution in [0.25, 0.3) is 0 Å². The Labute approximate surface area is 159 Å². The minimum atomic E-state index is -4.31. The molecule has 0 N–H and O–H groups in total. The first-order valence-electron chi connectivity index (χ1n) is 7.99. The lowest BCUT2D eigenvalue weighted by molar-refractivity contribution is -0.105. The number of benzene rings is 2. The van der Waals surface area contributed by atoms with E-state index in [1.165, 1.54) is 19.2 Å². The predicted molar refractivity (Wildman–Crippen MR) is 97.8 cm³/mol. The summed E-state index contributed by atoms with van der Waals surface area (Å²) < 4.78 is 56.7. The highest BCUT2D eigenvalue weighted by Crippen LogP contribution is 2.34. The number of nitrogens with zero attached hydrogens (tertiary/aromatic N) is 1. The van der Waals surface area contributed by atoms with Crippen molar-refractivity contribution in [3.05, 3.63) is 58.9 Å². The fraction of sp³-hybridized carbons (Fsp3) is 0.316. The molecule has 0 saturated heterocycles. The molecule has 0 fully saturated rings. The zero-order chi connectivity index (χ0) is 20.2. The van der Waals surface area contributed by atoms with Gasteiger partial charge in [-0.15, -0.1) is 11.8 Å². The SMILES string of the molecule is COC(=O)c1ccccc1CN(C)c1cc(SCC(F)(F)F)c(C)cc1F. The molecule has 3 nitrogen and oxygen atoms in total. The lowest BCUT2D eigenvalue weighted by Gasteiger charge is -2.23. The summed E-state index contributed by atoms with van der Waals surface area (Å²) in [6, 6.07) is 9.37. The lowest BCUT2D eigenvalue weighted by atomic mass is 10.1. The summed E-state index contributed by atoms with van der Waals surface area (Å²) in [6.07, 6.45) is -4.31. The molecule has 0 spiro atoms. The first-order chi connectivity index (χ1) is 12.6. The van der Waals surface area contributed by atoms with Crippen molar-refractivity contribution >= 4 is 23.4 Å². The lowest BCUT2D eigenvalue weighted by Crippen LogP contribution is -2.20. The van der Waals surface area contributed by atoms with Gasteiger partial charge in [-0.05, 0) is 36.2 Å². The van der Waals surface area contributed by atoms with Crippen LogP contribution in [0.3, 0.4) is 0 Å². The third-order valence-corrected chi connectivity index (χ3v) is 5.10. The summed E-state index contributed by atoms with van der Waals surface area (Å²) >= 11 is 0.620. The second-order valence-corrected chi connectivity index (χ2v) is 6.99. The normalized spacial score (nSPS) is 11.4. The first kappa shape index (κ1) is 21.1. The molecule has 0 saturated carbocycles. The fourth-order valence-corrected chi connectivity index (χ4v) is 3.36. The predicted octanol–water partition coefficient (Wildman–Crippen LogP) is 5.21. The molecule has 0 aliphatic rings. The van der Waals surface area contributed by atoms with E-state index in [1.807, 2.05) is 0 Å². The van der Waals surface area contributed by atoms with Crippen molar-refractivity contribution in [3.63, 3.8) is 0 Å². The Kier molecular flexibility index (Phi) is 6.75. The number of alkyl halides is 3. The van der Waals surface area contributed by atoms with E-state index in [2.05, 4.69) is 0 Å². The highest BCUT2D eigenvalue weighted by atomic mass is 32.2. The molecule has 0 heterocycles. The number of carbonyl (C=O) groups is 1. The third-order valence-electron chi connectivity index (χ3n) is 3.88. The van der Waals surface area contributed by atoms with Gasteiger partial charge in [-0.25, -0.2) is 9.18 Å². The monoisotopic (exact) mass is 401 g/mol. The number of esters is 1. The van der Waals surface area contributed by atoms with Crippen LogP contribution >= 0.6 is 11.8 Å². The number of thioether (sulfide) groups is 1. The van der Waals surface area contributed by atoms with Crippen LogP contribution in [0, 0.1) is 12.7 Å². The van der Waals surface area contributed by atoms with Crippen LogP contribution in [0.1, 0.15) is 21.5 Å². The molecule has 2 aromatic rings. The van der Waals surface area contributed by atoms with Gasteiger partial charge in [0.05, 0.1) is 24.1 Å². The van der Waals surface area contributed by atoms with Crippen molar-refractivity contribution < 1.29 is 27.1 Å². The van der Waals surface area contributed by atoms with E-state index in [1.54, 1.807) is 43.1 Å². The largest absolute Gasteiger partial charge is 0.465 e. The third kappa shape index (κ3) is 5.63. The molecule has 0 radical (unpaired) electrons. The van der Waals surface area contributed by atoms with E-state index in [-0.39, 0.29) is 12.2 Å². The summed E-state index contributed by atoms with van der Waals surface area (Å²) in [4.78, 5) is 13.8. The van der Waals surface area contributed by atoms with Crippen LogP contribution in [-0.4, -0.2) is 32.1 Å². The van der Waals surface area contributed by atoms with E-state index < -0.39 is 23.7 Å². The van der Waals surface area contributed by atoms with E-state index in [4.69, 9.17) is 4.74 Å². The number of rotatable bonds is 6. The smallest absolute Gasteiger partial charge is 0.398 e. The zero-order valence-electron chi connectivity index (χ0n) is 15.1. The topological polar surface area (TPSA) is 29.5 Å². The van der Waals surface area contributed by atoms with Gasteiger partial charge in [-0.2, -0.15) is 13.2 Å². The molecule has 0 unspecified atom stereocenters. The second kappa shape index (κ2) is 8.65. The van der Waals surface area contributed by atoms with Gasteiger partial charge in [0.25, 0.3) is 0 Å². The molecule has 27 heavy (non-hydrogen) atoms. The number of hydrogen-bond acceptors (Lipinski definition) is 4. The van der Waals surface area contributed by atoms with Crippen LogP contribution < -0.4 is 4.90 Å². The average molecular weight is 401 g/mol. The summed E-state index contributed by atoms with van der Waals surface area (Å²) in [5, 5.41) is 0. The molecule has 0 bridgehead atoms. The van der Waals surface area contributed by atoms with Crippen LogP contribution in [0.2, 0.25) is 0 Å². The molecule has 2 aromatic carbocycles. The first-order valence-corrected chi connectivity index (χ1v) is 8.98. The minimum absolute atomic E-state index is 0.157. The highest BCUT2D eigenvalue weighted by Gasteiger charge is 2.28. The Morgan fingerprint density at radius 2 is 1.89 bits per heavy atom. The molecule has 8 heteroatoms.